The van der Waals surface area contributed by atoms with E-state index in [0.717, 1.165) is 0 Å². The van der Waals surface area contributed by atoms with Crippen LogP contribution in [0, 0.1) is 11.8 Å². The second kappa shape index (κ2) is 5.75. The van der Waals surface area contributed by atoms with E-state index in [1.807, 2.05) is 0 Å². The Bertz CT molecular complexity index is 218. The van der Waals surface area contributed by atoms with Crippen LogP contribution < -0.4 is 0 Å². The smallest absolute Gasteiger partial charge is 0.0315 e. The molecule has 0 spiro atoms. The van der Waals surface area contributed by atoms with Crippen molar-refractivity contribution in [2.45, 2.75) is 73.9 Å². The van der Waals surface area contributed by atoms with E-state index in [2.05, 4.69) is 73.4 Å². The van der Waals surface area contributed by atoms with E-state index in [4.69, 9.17) is 0 Å². The number of allylic oxidation sites excluding steroid dienone is 1. The second-order valence-electron chi connectivity index (χ2n) is 6.61. The molecule has 0 rings (SSSR count). The maximum Gasteiger partial charge on any atom is 0.0315 e. The first-order valence-corrected chi connectivity index (χ1v) is 6.57. The van der Waals surface area contributed by atoms with Gasteiger partial charge in [-0.15, -0.1) is 0 Å². The van der Waals surface area contributed by atoms with Gasteiger partial charge in [-0.05, 0) is 58.2 Å². The minimum atomic E-state index is 0.198. The van der Waals surface area contributed by atoms with Gasteiger partial charge in [-0.25, -0.2) is 0 Å². The first kappa shape index (κ1) is 15.5. The monoisotopic (exact) mass is 225 g/mol. The van der Waals surface area contributed by atoms with Gasteiger partial charge < -0.3 is 4.90 Å². The van der Waals surface area contributed by atoms with Crippen LogP contribution >= 0.6 is 0 Å². The molecule has 1 heteroatoms. The van der Waals surface area contributed by atoms with Crippen LogP contribution in [0.15, 0.2) is 11.8 Å². The van der Waals surface area contributed by atoms with Crippen LogP contribution in [0.2, 0.25) is 0 Å². The summed E-state index contributed by atoms with van der Waals surface area (Å²) in [6.45, 7) is 20.5. The molecule has 0 radical (unpaired) electrons. The highest BCUT2D eigenvalue weighted by Gasteiger charge is 2.22. The number of hydrogen-bond acceptors (Lipinski definition) is 1. The van der Waals surface area contributed by atoms with Gasteiger partial charge in [0.2, 0.25) is 0 Å². The zero-order valence-electron chi connectivity index (χ0n) is 12.8. The van der Waals surface area contributed by atoms with Crippen LogP contribution in [0.5, 0.6) is 0 Å². The summed E-state index contributed by atoms with van der Waals surface area (Å²) in [5, 5.41) is 0. The Morgan fingerprint density at radius 3 is 1.44 bits per heavy atom. The third-order valence-corrected chi connectivity index (χ3v) is 2.95. The highest BCUT2D eigenvalue weighted by atomic mass is 15.2. The van der Waals surface area contributed by atoms with Gasteiger partial charge in [0.05, 0.1) is 0 Å². The van der Waals surface area contributed by atoms with E-state index >= 15 is 0 Å². The predicted octanol–water partition coefficient (Wildman–Crippen LogP) is 4.69. The van der Waals surface area contributed by atoms with Gasteiger partial charge >= 0.3 is 0 Å². The quantitative estimate of drug-likeness (QED) is 0.671. The van der Waals surface area contributed by atoms with Crippen LogP contribution in [0.25, 0.3) is 0 Å². The molecule has 0 aromatic heterocycles. The van der Waals surface area contributed by atoms with E-state index in [1.54, 1.807) is 5.57 Å². The number of nitrogens with zero attached hydrogens (tertiary/aromatic N) is 1. The number of hydrogen-bond donors (Lipinski definition) is 0. The second-order valence-corrected chi connectivity index (χ2v) is 6.61. The lowest BCUT2D eigenvalue weighted by atomic mass is 9.92. The van der Waals surface area contributed by atoms with Gasteiger partial charge in [0.1, 0.15) is 0 Å². The predicted molar refractivity (Wildman–Crippen MR) is 74.5 cm³/mol. The normalized spacial score (nSPS) is 12.5. The molecule has 0 N–H and O–H groups in total. The average molecular weight is 225 g/mol. The molecule has 0 aliphatic carbocycles. The van der Waals surface area contributed by atoms with Gasteiger partial charge in [-0.2, -0.15) is 0 Å². The molecule has 0 aromatic carbocycles. The SMILES string of the molecule is CC(C)C(=CN(C(C)C)C(C)(C)C)C(C)C. The summed E-state index contributed by atoms with van der Waals surface area (Å²) in [6.07, 6.45) is 2.39. The molecule has 1 nitrogen and oxygen atoms in total. The van der Waals surface area contributed by atoms with Gasteiger partial charge in [0, 0.05) is 11.6 Å². The fourth-order valence-corrected chi connectivity index (χ4v) is 2.24. The molecule has 0 saturated heterocycles. The van der Waals surface area contributed by atoms with Crippen LogP contribution in [-0.4, -0.2) is 16.5 Å². The topological polar surface area (TPSA) is 3.24 Å². The maximum absolute atomic E-state index is 2.47. The molecular weight excluding hydrogens is 194 g/mol. The van der Waals surface area contributed by atoms with Crippen molar-refractivity contribution in [1.29, 1.82) is 0 Å². The molecular formula is C15H31N. The van der Waals surface area contributed by atoms with Crippen LogP contribution in [-0.2, 0) is 0 Å². The van der Waals surface area contributed by atoms with Crippen molar-refractivity contribution in [1.82, 2.24) is 4.90 Å². The van der Waals surface area contributed by atoms with Gasteiger partial charge in [-0.3, -0.25) is 0 Å². The van der Waals surface area contributed by atoms with Crippen LogP contribution in [0.4, 0.5) is 0 Å². The van der Waals surface area contributed by atoms with Gasteiger partial charge in [0.15, 0.2) is 0 Å². The third kappa shape index (κ3) is 4.59. The summed E-state index contributed by atoms with van der Waals surface area (Å²) in [6, 6.07) is 0.549. The maximum atomic E-state index is 2.47. The van der Waals surface area contributed by atoms with Crippen molar-refractivity contribution in [3.63, 3.8) is 0 Å². The zero-order valence-corrected chi connectivity index (χ0v) is 12.8. The summed E-state index contributed by atoms with van der Waals surface area (Å²) in [5.74, 6) is 1.26. The van der Waals surface area contributed by atoms with Crippen molar-refractivity contribution >= 4 is 0 Å². The number of rotatable bonds is 4. The van der Waals surface area contributed by atoms with Gasteiger partial charge in [-0.1, -0.05) is 27.7 Å². The van der Waals surface area contributed by atoms with E-state index in [-0.39, 0.29) is 5.54 Å². The molecule has 16 heavy (non-hydrogen) atoms. The highest BCUT2D eigenvalue weighted by molar-refractivity contribution is 5.09. The zero-order chi connectivity index (χ0) is 13.1. The first-order valence-electron chi connectivity index (χ1n) is 6.57. The highest BCUT2D eigenvalue weighted by Crippen LogP contribution is 2.25. The molecule has 0 aliphatic rings. The molecule has 0 aliphatic heterocycles. The first-order chi connectivity index (χ1) is 7.07. The van der Waals surface area contributed by atoms with Crippen molar-refractivity contribution < 1.29 is 0 Å². The van der Waals surface area contributed by atoms with E-state index < -0.39 is 0 Å². The Morgan fingerprint density at radius 2 is 1.25 bits per heavy atom. The Hall–Kier alpha value is -0.460. The van der Waals surface area contributed by atoms with Crippen molar-refractivity contribution in [3.8, 4) is 0 Å². The fraction of sp³-hybridized carbons (Fsp3) is 0.867. The fourth-order valence-electron chi connectivity index (χ4n) is 2.24. The molecule has 96 valence electrons. The minimum Gasteiger partial charge on any atom is -0.370 e. The summed E-state index contributed by atoms with van der Waals surface area (Å²) >= 11 is 0. The Morgan fingerprint density at radius 1 is 0.875 bits per heavy atom. The minimum absolute atomic E-state index is 0.198. The molecule has 0 amide bonds. The molecule has 0 saturated carbocycles. The summed E-state index contributed by atoms with van der Waals surface area (Å²) < 4.78 is 0. The van der Waals surface area contributed by atoms with Crippen molar-refractivity contribution in [3.05, 3.63) is 11.8 Å². The van der Waals surface area contributed by atoms with E-state index in [9.17, 15) is 0 Å². The summed E-state index contributed by atoms with van der Waals surface area (Å²) in [5.41, 5.74) is 1.74. The standard InChI is InChI=1S/C15H31N/c1-11(2)14(12(3)4)10-16(13(5)6)15(7,8)9/h10-13H,1-9H3. The molecule has 0 aromatic rings. The summed E-state index contributed by atoms with van der Waals surface area (Å²) in [4.78, 5) is 2.47. The van der Waals surface area contributed by atoms with Crippen LogP contribution in [0.1, 0.15) is 62.3 Å². The Labute approximate surface area is 103 Å². The molecule has 0 atom stereocenters. The molecule has 0 heterocycles. The van der Waals surface area contributed by atoms with Crippen LogP contribution in [0.3, 0.4) is 0 Å². The van der Waals surface area contributed by atoms with Crippen molar-refractivity contribution in [2.75, 3.05) is 0 Å². The Kier molecular flexibility index (Phi) is 5.58. The molecule has 0 unspecified atom stereocenters. The average Bonchev–Trinajstić information content (AvgIpc) is 1.99. The lowest BCUT2D eigenvalue weighted by Crippen LogP contribution is -2.42. The van der Waals surface area contributed by atoms with E-state index in [0.29, 0.717) is 17.9 Å². The largest absolute Gasteiger partial charge is 0.370 e. The Balaban J connectivity index is 5.16. The third-order valence-electron chi connectivity index (χ3n) is 2.95. The molecule has 0 bridgehead atoms. The van der Waals surface area contributed by atoms with Crippen molar-refractivity contribution in [2.24, 2.45) is 11.8 Å². The molecule has 0 fully saturated rings. The lowest BCUT2D eigenvalue weighted by molar-refractivity contribution is 0.161. The lowest BCUT2D eigenvalue weighted by Gasteiger charge is -2.40. The van der Waals surface area contributed by atoms with E-state index in [1.165, 1.54) is 0 Å². The van der Waals surface area contributed by atoms with Gasteiger partial charge in [0.25, 0.3) is 0 Å². The summed E-state index contributed by atoms with van der Waals surface area (Å²) in [7, 11) is 0.